The van der Waals surface area contributed by atoms with Crippen molar-refractivity contribution in [2.24, 2.45) is 0 Å². The van der Waals surface area contributed by atoms with Crippen LogP contribution in [0.15, 0.2) is 24.3 Å². The highest BCUT2D eigenvalue weighted by molar-refractivity contribution is 5.76. The van der Waals surface area contributed by atoms with Gasteiger partial charge in [-0.2, -0.15) is 0 Å². The summed E-state index contributed by atoms with van der Waals surface area (Å²) in [5.74, 6) is 0.725. The molecule has 1 aliphatic heterocycles. The molecule has 2 rings (SSSR count). The molecule has 21 heavy (non-hydrogen) atoms. The third kappa shape index (κ3) is 4.31. The molecule has 0 saturated carbocycles. The Hall–Kier alpha value is -1.84. The predicted molar refractivity (Wildman–Crippen MR) is 83.1 cm³/mol. The van der Waals surface area contributed by atoms with Crippen molar-refractivity contribution >= 4 is 12.3 Å². The lowest BCUT2D eigenvalue weighted by atomic mass is 10.00. The van der Waals surface area contributed by atoms with Crippen LogP contribution in [-0.2, 0) is 16.0 Å². The van der Waals surface area contributed by atoms with Crippen molar-refractivity contribution in [1.29, 1.82) is 0 Å². The van der Waals surface area contributed by atoms with Crippen LogP contribution >= 0.6 is 0 Å². The predicted octanol–water partition coefficient (Wildman–Crippen LogP) is 2.04. The van der Waals surface area contributed by atoms with Gasteiger partial charge >= 0.3 is 0 Å². The quantitative estimate of drug-likeness (QED) is 0.778. The zero-order chi connectivity index (χ0) is 15.2. The Morgan fingerprint density at radius 3 is 2.29 bits per heavy atom. The number of carbonyl (C=O) groups is 2. The van der Waals surface area contributed by atoms with Crippen molar-refractivity contribution in [1.82, 2.24) is 9.80 Å². The van der Waals surface area contributed by atoms with E-state index in [-0.39, 0.29) is 5.91 Å². The third-order valence-corrected chi connectivity index (χ3v) is 4.09. The van der Waals surface area contributed by atoms with Crippen molar-refractivity contribution in [2.45, 2.75) is 32.6 Å². The third-order valence-electron chi connectivity index (χ3n) is 4.09. The van der Waals surface area contributed by atoms with Gasteiger partial charge in [0.25, 0.3) is 0 Å². The van der Waals surface area contributed by atoms with Crippen LogP contribution in [0.1, 0.15) is 37.3 Å². The fraction of sp³-hybridized carbons (Fsp3) is 0.529. The molecule has 1 fully saturated rings. The van der Waals surface area contributed by atoms with Crippen LogP contribution in [0.4, 0.5) is 0 Å². The number of piperazine rings is 1. The van der Waals surface area contributed by atoms with Crippen LogP contribution in [-0.4, -0.2) is 48.3 Å². The van der Waals surface area contributed by atoms with E-state index >= 15 is 0 Å². The van der Waals surface area contributed by atoms with Gasteiger partial charge in [0.2, 0.25) is 12.3 Å². The van der Waals surface area contributed by atoms with Gasteiger partial charge in [0.1, 0.15) is 0 Å². The van der Waals surface area contributed by atoms with Crippen LogP contribution in [0.3, 0.4) is 0 Å². The smallest absolute Gasteiger partial charge is 0.223 e. The molecule has 1 aromatic rings. The van der Waals surface area contributed by atoms with E-state index in [1.165, 1.54) is 11.1 Å². The normalized spacial score (nSPS) is 15.4. The minimum atomic E-state index is 0.188. The SMILES string of the molecule is CC(C)c1ccc(CCC(=O)N2CCN(C=O)CC2)cc1. The Bertz CT molecular complexity index is 474. The van der Waals surface area contributed by atoms with Crippen molar-refractivity contribution in [2.75, 3.05) is 26.2 Å². The summed E-state index contributed by atoms with van der Waals surface area (Å²) in [6.07, 6.45) is 2.19. The number of hydrogen-bond donors (Lipinski definition) is 0. The Kier molecular flexibility index (Phi) is 5.37. The Balaban J connectivity index is 1.80. The maximum absolute atomic E-state index is 12.2. The topological polar surface area (TPSA) is 40.6 Å². The van der Waals surface area contributed by atoms with Gasteiger partial charge in [0.15, 0.2) is 0 Å². The lowest BCUT2D eigenvalue weighted by Gasteiger charge is -2.32. The molecule has 1 aromatic carbocycles. The molecule has 2 amide bonds. The number of aryl methyl sites for hydroxylation is 1. The minimum Gasteiger partial charge on any atom is -0.342 e. The summed E-state index contributed by atoms with van der Waals surface area (Å²) in [6, 6.07) is 8.53. The van der Waals surface area contributed by atoms with Gasteiger partial charge in [-0.05, 0) is 23.5 Å². The van der Waals surface area contributed by atoms with Crippen LogP contribution < -0.4 is 0 Å². The highest BCUT2D eigenvalue weighted by Crippen LogP contribution is 2.15. The Labute approximate surface area is 126 Å². The Morgan fingerprint density at radius 2 is 1.76 bits per heavy atom. The average Bonchev–Trinajstić information content (AvgIpc) is 2.53. The van der Waals surface area contributed by atoms with Crippen LogP contribution in [0.2, 0.25) is 0 Å². The number of amides is 2. The number of benzene rings is 1. The molecule has 114 valence electrons. The van der Waals surface area contributed by atoms with E-state index in [1.807, 2.05) is 4.90 Å². The molecular formula is C17H24N2O2. The summed E-state index contributed by atoms with van der Waals surface area (Å²) in [4.78, 5) is 26.4. The number of hydrogen-bond acceptors (Lipinski definition) is 2. The summed E-state index contributed by atoms with van der Waals surface area (Å²) >= 11 is 0. The van der Waals surface area contributed by atoms with Crippen molar-refractivity contribution < 1.29 is 9.59 Å². The number of carbonyl (C=O) groups excluding carboxylic acids is 2. The first kappa shape index (κ1) is 15.5. The first-order valence-electron chi connectivity index (χ1n) is 7.66. The molecule has 0 bridgehead atoms. The fourth-order valence-corrected chi connectivity index (χ4v) is 2.56. The first-order chi connectivity index (χ1) is 10.1. The minimum absolute atomic E-state index is 0.188. The molecule has 0 radical (unpaired) electrons. The molecule has 1 saturated heterocycles. The lowest BCUT2D eigenvalue weighted by molar-refractivity contribution is -0.135. The second-order valence-corrected chi connectivity index (χ2v) is 5.92. The summed E-state index contributed by atoms with van der Waals surface area (Å²) in [5.41, 5.74) is 2.54. The first-order valence-corrected chi connectivity index (χ1v) is 7.66. The van der Waals surface area contributed by atoms with Crippen molar-refractivity contribution in [3.63, 3.8) is 0 Å². The molecule has 4 nitrogen and oxygen atoms in total. The zero-order valence-electron chi connectivity index (χ0n) is 12.9. The van der Waals surface area contributed by atoms with E-state index < -0.39 is 0 Å². The Morgan fingerprint density at radius 1 is 1.14 bits per heavy atom. The second-order valence-electron chi connectivity index (χ2n) is 5.92. The molecule has 1 aliphatic rings. The summed E-state index contributed by atoms with van der Waals surface area (Å²) in [7, 11) is 0. The van der Waals surface area contributed by atoms with Gasteiger partial charge in [-0.15, -0.1) is 0 Å². The largest absolute Gasteiger partial charge is 0.342 e. The van der Waals surface area contributed by atoms with Gasteiger partial charge in [0.05, 0.1) is 0 Å². The lowest BCUT2D eigenvalue weighted by Crippen LogP contribution is -2.48. The van der Waals surface area contributed by atoms with E-state index in [9.17, 15) is 9.59 Å². The standard InChI is InChI=1S/C17H24N2O2/c1-14(2)16-6-3-15(4-7-16)5-8-17(21)19-11-9-18(13-20)10-12-19/h3-4,6-7,13-14H,5,8-12H2,1-2H3. The molecule has 0 atom stereocenters. The molecule has 0 unspecified atom stereocenters. The molecular weight excluding hydrogens is 264 g/mol. The van der Waals surface area contributed by atoms with Crippen LogP contribution in [0.5, 0.6) is 0 Å². The van der Waals surface area contributed by atoms with Gasteiger partial charge in [0, 0.05) is 32.6 Å². The zero-order valence-corrected chi connectivity index (χ0v) is 12.9. The van der Waals surface area contributed by atoms with E-state index in [0.29, 0.717) is 38.5 Å². The summed E-state index contributed by atoms with van der Waals surface area (Å²) < 4.78 is 0. The highest BCUT2D eigenvalue weighted by Gasteiger charge is 2.19. The van der Waals surface area contributed by atoms with E-state index in [1.54, 1.807) is 4.90 Å². The number of rotatable bonds is 5. The summed E-state index contributed by atoms with van der Waals surface area (Å²) in [5, 5.41) is 0. The maximum atomic E-state index is 12.2. The molecule has 0 N–H and O–H groups in total. The summed E-state index contributed by atoms with van der Waals surface area (Å²) in [6.45, 7) is 6.97. The van der Waals surface area contributed by atoms with Gasteiger partial charge in [-0.25, -0.2) is 0 Å². The highest BCUT2D eigenvalue weighted by atomic mass is 16.2. The van der Waals surface area contributed by atoms with E-state index in [4.69, 9.17) is 0 Å². The van der Waals surface area contributed by atoms with Crippen molar-refractivity contribution in [3.05, 3.63) is 35.4 Å². The van der Waals surface area contributed by atoms with E-state index in [2.05, 4.69) is 38.1 Å². The maximum Gasteiger partial charge on any atom is 0.223 e. The molecule has 0 spiro atoms. The van der Waals surface area contributed by atoms with Gasteiger partial charge in [-0.3, -0.25) is 9.59 Å². The van der Waals surface area contributed by atoms with Gasteiger partial charge < -0.3 is 9.80 Å². The molecule has 0 aliphatic carbocycles. The van der Waals surface area contributed by atoms with Crippen molar-refractivity contribution in [3.8, 4) is 0 Å². The molecule has 1 heterocycles. The van der Waals surface area contributed by atoms with Crippen LogP contribution in [0, 0.1) is 0 Å². The fourth-order valence-electron chi connectivity index (χ4n) is 2.56. The average molecular weight is 288 g/mol. The molecule has 0 aromatic heterocycles. The second kappa shape index (κ2) is 7.25. The monoisotopic (exact) mass is 288 g/mol. The number of nitrogens with zero attached hydrogens (tertiary/aromatic N) is 2. The van der Waals surface area contributed by atoms with Crippen LogP contribution in [0.25, 0.3) is 0 Å². The van der Waals surface area contributed by atoms with Gasteiger partial charge in [-0.1, -0.05) is 38.1 Å². The van der Waals surface area contributed by atoms with E-state index in [0.717, 1.165) is 12.8 Å². The molecule has 4 heteroatoms.